The van der Waals surface area contributed by atoms with Crippen LogP contribution < -0.4 is 11.1 Å². The van der Waals surface area contributed by atoms with Crippen LogP contribution in [0.2, 0.25) is 0 Å². The number of hydrogen-bond acceptors (Lipinski definition) is 4. The van der Waals surface area contributed by atoms with Crippen molar-refractivity contribution in [1.29, 1.82) is 0 Å². The quantitative estimate of drug-likeness (QED) is 0.756. The van der Waals surface area contributed by atoms with Crippen LogP contribution in [0.4, 0.5) is 13.2 Å². The molecule has 0 bridgehead atoms. The molecular formula is C16H23Cl2F3N2O2. The van der Waals surface area contributed by atoms with E-state index in [1.807, 2.05) is 13.8 Å². The molecule has 3 N–H and O–H groups in total. The van der Waals surface area contributed by atoms with Gasteiger partial charge >= 0.3 is 12.1 Å². The molecule has 3 unspecified atom stereocenters. The number of methoxy groups -OCH3 is 1. The molecule has 0 aromatic heterocycles. The summed E-state index contributed by atoms with van der Waals surface area (Å²) in [6, 6.07) is 3.62. The summed E-state index contributed by atoms with van der Waals surface area (Å²) in [5, 5.41) is 3.00. The van der Waals surface area contributed by atoms with Gasteiger partial charge in [-0.05, 0) is 23.5 Å². The molecule has 1 saturated carbocycles. The molecule has 0 aliphatic heterocycles. The molecule has 9 heteroatoms. The van der Waals surface area contributed by atoms with E-state index in [2.05, 4.69) is 5.32 Å². The van der Waals surface area contributed by atoms with Crippen LogP contribution in [0.5, 0.6) is 0 Å². The molecule has 4 nitrogen and oxygen atoms in total. The van der Waals surface area contributed by atoms with Gasteiger partial charge in [0.1, 0.15) is 6.04 Å². The van der Waals surface area contributed by atoms with Crippen LogP contribution in [0.25, 0.3) is 0 Å². The fourth-order valence-corrected chi connectivity index (χ4v) is 2.85. The second kappa shape index (κ2) is 8.58. The van der Waals surface area contributed by atoms with Crippen LogP contribution in [0, 0.1) is 5.41 Å². The molecule has 0 heterocycles. The van der Waals surface area contributed by atoms with E-state index in [1.54, 1.807) is 0 Å². The minimum atomic E-state index is -4.55. The lowest BCUT2D eigenvalue weighted by Crippen LogP contribution is -2.64. The summed E-state index contributed by atoms with van der Waals surface area (Å²) in [4.78, 5) is 12.1. The smallest absolute Gasteiger partial charge is 0.416 e. The molecule has 25 heavy (non-hydrogen) atoms. The monoisotopic (exact) mass is 402 g/mol. The molecule has 0 amide bonds. The molecule has 1 fully saturated rings. The summed E-state index contributed by atoms with van der Waals surface area (Å²) in [6.45, 7) is 3.84. The van der Waals surface area contributed by atoms with E-state index in [9.17, 15) is 18.0 Å². The second-order valence-electron chi connectivity index (χ2n) is 6.42. The fraction of sp³-hybridized carbons (Fsp3) is 0.562. The first kappa shape index (κ1) is 24.0. The first-order valence-electron chi connectivity index (χ1n) is 7.34. The van der Waals surface area contributed by atoms with Crippen LogP contribution in [0.3, 0.4) is 0 Å². The van der Waals surface area contributed by atoms with Gasteiger partial charge in [0, 0.05) is 12.1 Å². The number of nitrogens with one attached hydrogen (secondary N) is 1. The summed E-state index contributed by atoms with van der Waals surface area (Å²) in [6.07, 6.45) is -3.95. The van der Waals surface area contributed by atoms with Crippen LogP contribution >= 0.6 is 24.8 Å². The first-order valence-corrected chi connectivity index (χ1v) is 7.34. The average Bonchev–Trinajstić information content (AvgIpc) is 2.49. The fourth-order valence-electron chi connectivity index (χ4n) is 2.85. The van der Waals surface area contributed by atoms with Crippen LogP contribution in [-0.2, 0) is 15.7 Å². The second-order valence-corrected chi connectivity index (χ2v) is 6.42. The number of rotatable bonds is 4. The average molecular weight is 403 g/mol. The van der Waals surface area contributed by atoms with Crippen molar-refractivity contribution in [3.8, 4) is 0 Å². The lowest BCUT2D eigenvalue weighted by atomic mass is 9.63. The van der Waals surface area contributed by atoms with Crippen LogP contribution in [0.15, 0.2) is 24.3 Å². The van der Waals surface area contributed by atoms with Crippen molar-refractivity contribution in [3.63, 3.8) is 0 Å². The van der Waals surface area contributed by atoms with Gasteiger partial charge in [-0.3, -0.25) is 5.32 Å². The summed E-state index contributed by atoms with van der Waals surface area (Å²) < 4.78 is 44.4. The van der Waals surface area contributed by atoms with Crippen LogP contribution in [-0.4, -0.2) is 25.2 Å². The van der Waals surface area contributed by atoms with Gasteiger partial charge in [0.25, 0.3) is 0 Å². The number of carbonyl (C=O) groups is 1. The molecule has 1 aromatic carbocycles. The number of ether oxygens (including phenoxy) is 1. The van der Waals surface area contributed by atoms with E-state index in [-0.39, 0.29) is 47.9 Å². The maximum Gasteiger partial charge on any atom is 0.416 e. The largest absolute Gasteiger partial charge is 0.468 e. The summed E-state index contributed by atoms with van der Waals surface area (Å²) in [5.74, 6) is -0.752. The Labute approximate surface area is 157 Å². The third-order valence-electron chi connectivity index (χ3n) is 4.73. The summed E-state index contributed by atoms with van der Waals surface area (Å²) in [5.41, 5.74) is 4.65. The number of hydrogen-bond donors (Lipinski definition) is 2. The molecule has 0 spiro atoms. The van der Waals surface area contributed by atoms with Crippen molar-refractivity contribution in [1.82, 2.24) is 5.32 Å². The molecule has 0 saturated heterocycles. The maximum absolute atomic E-state index is 13.2. The van der Waals surface area contributed by atoms with Gasteiger partial charge in [-0.15, -0.1) is 24.8 Å². The highest BCUT2D eigenvalue weighted by molar-refractivity contribution is 5.85. The molecule has 1 aliphatic rings. The lowest BCUT2D eigenvalue weighted by molar-refractivity contribution is -0.146. The number of benzene rings is 1. The Morgan fingerprint density at radius 2 is 1.88 bits per heavy atom. The molecular weight excluding hydrogens is 380 g/mol. The standard InChI is InChI=1S/C16H21F3N2O2.2ClH/c1-15(2)11(20)8-12(15)21-13(14(22)23-3)9-6-4-5-7-10(9)16(17,18)19;;/h4-7,11-13,21H,8,20H2,1-3H3;2*1H. The van der Waals surface area contributed by atoms with Crippen molar-refractivity contribution in [3.05, 3.63) is 35.4 Å². The Hall–Kier alpha value is -1.02. The van der Waals surface area contributed by atoms with Gasteiger partial charge in [0.15, 0.2) is 0 Å². The zero-order valence-electron chi connectivity index (χ0n) is 14.1. The topological polar surface area (TPSA) is 64.3 Å². The van der Waals surface area contributed by atoms with Gasteiger partial charge in [0.2, 0.25) is 0 Å². The van der Waals surface area contributed by atoms with Crippen molar-refractivity contribution in [2.75, 3.05) is 7.11 Å². The van der Waals surface area contributed by atoms with Gasteiger partial charge in [-0.2, -0.15) is 13.2 Å². The third kappa shape index (κ3) is 4.78. The Morgan fingerprint density at radius 1 is 1.32 bits per heavy atom. The molecule has 2 rings (SSSR count). The first-order chi connectivity index (χ1) is 10.6. The molecule has 3 atom stereocenters. The molecule has 1 aromatic rings. The van der Waals surface area contributed by atoms with Crippen molar-refractivity contribution >= 4 is 30.8 Å². The van der Waals surface area contributed by atoms with E-state index in [1.165, 1.54) is 18.2 Å². The summed E-state index contributed by atoms with van der Waals surface area (Å²) in [7, 11) is 1.16. The highest BCUT2D eigenvalue weighted by atomic mass is 35.5. The third-order valence-corrected chi connectivity index (χ3v) is 4.73. The zero-order chi connectivity index (χ0) is 17.4. The van der Waals surface area contributed by atoms with Crippen molar-refractivity contribution in [2.24, 2.45) is 11.1 Å². The zero-order valence-corrected chi connectivity index (χ0v) is 15.7. The highest BCUT2D eigenvalue weighted by Gasteiger charge is 2.48. The Bertz CT molecular complexity index is 597. The number of esters is 1. The number of alkyl halides is 3. The van der Waals surface area contributed by atoms with Gasteiger partial charge in [-0.1, -0.05) is 32.0 Å². The van der Waals surface area contributed by atoms with Gasteiger partial charge in [0.05, 0.1) is 12.7 Å². The maximum atomic E-state index is 13.2. The van der Waals surface area contributed by atoms with E-state index < -0.39 is 23.8 Å². The normalized spacial score (nSPS) is 22.7. The van der Waals surface area contributed by atoms with E-state index in [0.29, 0.717) is 6.42 Å². The highest BCUT2D eigenvalue weighted by Crippen LogP contribution is 2.41. The molecule has 0 radical (unpaired) electrons. The number of nitrogens with two attached hydrogens (primary N) is 1. The van der Waals surface area contributed by atoms with E-state index in [0.717, 1.165) is 13.2 Å². The molecule has 1 aliphatic carbocycles. The minimum Gasteiger partial charge on any atom is -0.468 e. The SMILES string of the molecule is COC(=O)C(NC1CC(N)C1(C)C)c1ccccc1C(F)(F)F.Cl.Cl. The number of halogens is 5. The minimum absolute atomic E-state index is 0. The Kier molecular flexibility index (Phi) is 8.23. The predicted octanol–water partition coefficient (Wildman–Crippen LogP) is 3.48. The molecule has 144 valence electrons. The van der Waals surface area contributed by atoms with Crippen molar-refractivity contribution in [2.45, 2.75) is 44.6 Å². The summed E-state index contributed by atoms with van der Waals surface area (Å²) >= 11 is 0. The van der Waals surface area contributed by atoms with Crippen LogP contribution in [0.1, 0.15) is 37.4 Å². The van der Waals surface area contributed by atoms with Crippen molar-refractivity contribution < 1.29 is 22.7 Å². The van der Waals surface area contributed by atoms with E-state index in [4.69, 9.17) is 10.5 Å². The van der Waals surface area contributed by atoms with Gasteiger partial charge in [-0.25, -0.2) is 4.79 Å². The lowest BCUT2D eigenvalue weighted by Gasteiger charge is -2.51. The Balaban J connectivity index is 0.00000288. The predicted molar refractivity (Wildman–Crippen MR) is 94.0 cm³/mol. The van der Waals surface area contributed by atoms with Gasteiger partial charge < -0.3 is 10.5 Å². The Morgan fingerprint density at radius 3 is 2.32 bits per heavy atom. The number of carbonyl (C=O) groups excluding carboxylic acids is 1. The van der Waals surface area contributed by atoms with E-state index >= 15 is 0 Å².